The van der Waals surface area contributed by atoms with Crippen LogP contribution in [0.3, 0.4) is 0 Å². The molecule has 0 bridgehead atoms. The molecule has 11 aromatic carbocycles. The zero-order valence-corrected chi connectivity index (χ0v) is 38.3. The van der Waals surface area contributed by atoms with E-state index in [1.807, 2.05) is 47.0 Å². The molecule has 0 fully saturated rings. The van der Waals surface area contributed by atoms with Gasteiger partial charge in [-0.25, -0.2) is 4.85 Å². The van der Waals surface area contributed by atoms with Crippen LogP contribution in [0, 0.1) is 17.9 Å². The van der Waals surface area contributed by atoms with Gasteiger partial charge < -0.3 is 22.8 Å². The maximum absolute atomic E-state index is 13.0. The fraction of sp³-hybridized carbons (Fsp3) is 0. The molecule has 7 heteroatoms. The second-order valence-electron chi connectivity index (χ2n) is 17.6. The highest BCUT2D eigenvalue weighted by atomic mass is 15.1. The van der Waals surface area contributed by atoms with E-state index in [2.05, 4.69) is 10.9 Å². The summed E-state index contributed by atoms with van der Waals surface area (Å²) in [7, 11) is 0. The lowest BCUT2D eigenvalue weighted by atomic mass is 10.0. The Morgan fingerprint density at radius 3 is 1.12 bits per heavy atom. The summed E-state index contributed by atoms with van der Waals surface area (Å²) in [4.78, 5) is 4.26. The first-order valence-electron chi connectivity index (χ1n) is 35.3. The molecule has 0 radical (unpaired) electrons. The van der Waals surface area contributed by atoms with Crippen molar-refractivity contribution in [2.24, 2.45) is 0 Å². The largest absolute Gasteiger partial charge is 0.318 e. The van der Waals surface area contributed by atoms with Gasteiger partial charge in [0.2, 0.25) is 5.69 Å². The van der Waals surface area contributed by atoms with Crippen molar-refractivity contribution in [2.45, 2.75) is 0 Å². The Labute approximate surface area is 462 Å². The van der Waals surface area contributed by atoms with E-state index in [-0.39, 0.29) is 11.0 Å². The topological polar surface area (TPSA) is 52.8 Å². The average Bonchev–Trinajstić information content (AvgIpc) is 1.53. The first-order valence-corrected chi connectivity index (χ1v) is 23.3. The second kappa shape index (κ2) is 15.5. The summed E-state index contributed by atoms with van der Waals surface area (Å²) in [5.41, 5.74) is -6.79. The van der Waals surface area contributed by atoms with Gasteiger partial charge in [-0.15, -0.1) is 0 Å². The monoisotopic (exact) mass is 977 g/mol. The Hall–Kier alpha value is -10.6. The van der Waals surface area contributed by atoms with Crippen molar-refractivity contribution in [3.8, 4) is 34.5 Å². The van der Waals surface area contributed by atoms with Crippen LogP contribution in [0.4, 0.5) is 5.69 Å². The maximum Gasteiger partial charge on any atom is 0.237 e. The van der Waals surface area contributed by atoms with E-state index in [1.165, 1.54) is 0 Å². The van der Waals surface area contributed by atoms with Crippen LogP contribution in [0.25, 0.3) is 142 Å². The van der Waals surface area contributed by atoms with Gasteiger partial charge in [0.05, 0.1) is 123 Å². The molecule has 0 saturated carbocycles. The van der Waals surface area contributed by atoms with Crippen molar-refractivity contribution in [3.63, 3.8) is 0 Å². The molecule has 0 unspecified atom stereocenters. The molecule has 0 aliphatic carbocycles. The van der Waals surface area contributed by atoms with E-state index in [1.54, 1.807) is 53.1 Å². The summed E-state index contributed by atoms with van der Waals surface area (Å²) >= 11 is 0. The number of rotatable bonds is 5. The summed E-state index contributed by atoms with van der Waals surface area (Å²) in [6.45, 7) is 9.92. The number of nitriles is 1. The predicted molar refractivity (Wildman–Crippen MR) is 309 cm³/mol. The summed E-state index contributed by atoms with van der Waals surface area (Å²) in [5.74, 6) is 0. The highest BCUT2D eigenvalue weighted by Gasteiger charge is 2.35. The molecule has 0 aliphatic rings. The minimum absolute atomic E-state index is 0.161. The van der Waals surface area contributed by atoms with Crippen molar-refractivity contribution in [2.75, 3.05) is 0 Å². The molecule has 5 heterocycles. The van der Waals surface area contributed by atoms with E-state index in [0.717, 1.165) is 13.7 Å². The van der Waals surface area contributed by atoms with E-state index in [0.29, 0.717) is 38.3 Å². The van der Waals surface area contributed by atoms with Gasteiger partial charge in [0.1, 0.15) is 6.07 Å². The number of nitrogens with zero attached hydrogens (tertiary/aromatic N) is 7. The summed E-state index contributed by atoms with van der Waals surface area (Å²) in [6.07, 6.45) is 0. The summed E-state index contributed by atoms with van der Waals surface area (Å²) in [5, 5.41) is 11.7. The van der Waals surface area contributed by atoms with Gasteiger partial charge >= 0.3 is 0 Å². The molecule has 16 rings (SSSR count). The third-order valence-electron chi connectivity index (χ3n) is 14.1. The third kappa shape index (κ3) is 5.40. The van der Waals surface area contributed by atoms with Crippen molar-refractivity contribution in [3.05, 3.63) is 253 Å². The normalized spacial score (nSPS) is 16.5. The minimum Gasteiger partial charge on any atom is -0.318 e. The quantitative estimate of drug-likeness (QED) is 0.159. The van der Waals surface area contributed by atoms with Crippen molar-refractivity contribution in [1.82, 2.24) is 22.8 Å². The van der Waals surface area contributed by atoms with E-state index >= 15 is 0 Å². The molecule has 0 spiro atoms. The number of para-hydroxylation sites is 9. The van der Waals surface area contributed by atoms with Crippen molar-refractivity contribution < 1.29 is 32.9 Å². The minimum atomic E-state index is -0.960. The van der Waals surface area contributed by atoms with Crippen LogP contribution >= 0.6 is 0 Å². The molecule has 0 aliphatic heterocycles. The first kappa shape index (κ1) is 24.2. The van der Waals surface area contributed by atoms with E-state index in [4.69, 9.17) is 8.22 Å². The molecule has 0 N–H and O–H groups in total. The first-order chi connectivity index (χ1) is 47.2. The van der Waals surface area contributed by atoms with Crippen LogP contribution in [-0.2, 0) is 0 Å². The second-order valence-corrected chi connectivity index (χ2v) is 17.6. The lowest BCUT2D eigenvalue weighted by Gasteiger charge is -2.27. The SMILES string of the molecule is [2H]c1c([2H])c([2H])c2c(c1[2H])c1c([2H])c([2H])c([2H])c([2H])c1n2-c1c(C#N)c(-n2c3c([2H])c([2H])c([2H])c([2H])c3c3c([2H])c([2H])c([2H])c([2H])c32)c(-n2c3ccccc3c3ccc4c5ccccc5n(-c5ccccc5)c4c32)c(-n2c3c([2H])c([2H])c([2H])c([2H])c3c3c([2H])c([2H])c([2H])c([2H])c32)c1[N+]#[C-]. The van der Waals surface area contributed by atoms with Gasteiger partial charge in [-0.2, -0.15) is 5.26 Å². The number of benzene rings is 11. The zero-order chi connectivity index (χ0) is 70.4. The predicted octanol–water partition coefficient (Wildman–Crippen LogP) is 17.6. The van der Waals surface area contributed by atoms with Gasteiger partial charge in [-0.1, -0.05) is 175 Å². The Bertz CT molecular complexity index is 6250. The molecule has 7 nitrogen and oxygen atoms in total. The van der Waals surface area contributed by atoms with Crippen molar-refractivity contribution >= 4 is 115 Å². The molecule has 16 aromatic rings. The maximum atomic E-state index is 13.0. The van der Waals surface area contributed by atoms with Gasteiger partial charge in [-0.05, 0) is 60.5 Å². The molecule has 0 atom stereocenters. The zero-order valence-electron chi connectivity index (χ0n) is 62.3. The number of fused-ring (bicyclic) bond motifs is 16. The highest BCUT2D eigenvalue weighted by molar-refractivity contribution is 6.25. The number of aromatic nitrogens is 5. The summed E-state index contributed by atoms with van der Waals surface area (Å²) in [6, 6.07) is 7.25. The van der Waals surface area contributed by atoms with Gasteiger partial charge in [0.15, 0.2) is 0 Å². The van der Waals surface area contributed by atoms with Gasteiger partial charge in [-0.3, -0.25) is 0 Å². The summed E-state index contributed by atoms with van der Waals surface area (Å²) < 4.78 is 235. The van der Waals surface area contributed by atoms with Crippen LogP contribution in [-0.4, -0.2) is 22.8 Å². The fourth-order valence-electron chi connectivity index (χ4n) is 11.3. The molecule has 75 heavy (non-hydrogen) atoms. The fourth-order valence-corrected chi connectivity index (χ4v) is 11.3. The van der Waals surface area contributed by atoms with E-state index in [9.17, 15) is 36.5 Å². The lowest BCUT2D eigenvalue weighted by molar-refractivity contribution is 1.03. The number of hydrogen-bond donors (Lipinski definition) is 0. The van der Waals surface area contributed by atoms with Crippen LogP contribution in [0.5, 0.6) is 0 Å². The Morgan fingerprint density at radius 1 is 0.333 bits per heavy atom. The Kier molecular flexibility index (Phi) is 4.99. The Balaban J connectivity index is 1.37. The Morgan fingerprint density at radius 2 is 0.693 bits per heavy atom. The lowest BCUT2D eigenvalue weighted by Crippen LogP contribution is -2.15. The molecule has 5 aromatic heterocycles. The van der Waals surface area contributed by atoms with E-state index < -0.39 is 244 Å². The molecular weight excluding hydrogens is 915 g/mol. The smallest absolute Gasteiger partial charge is 0.237 e. The molecule has 346 valence electrons. The van der Waals surface area contributed by atoms with Gasteiger partial charge in [0.25, 0.3) is 0 Å². The highest BCUT2D eigenvalue weighted by Crippen LogP contribution is 2.53. The third-order valence-corrected chi connectivity index (χ3v) is 14.1. The standard InChI is InChI=1S/C68H39N7/c1-70-62-63(72-55-32-14-5-23-43(55)44-24-6-15-33-56(44)72)53(41-69)66(73-57-34-16-7-25-45(57)46-26-8-17-35-58(46)73)68(67(62)74-59-36-18-9-27-47(59)48-28-10-19-37-60(48)74)75-61-38-20-12-30-50(61)52-40-39-51-49-29-11-13-31-54(49)71(64(51)65(52)75)42-21-3-2-4-22-42/h2-40H/i5D,6D,7D,8D,9D,10D,14D,15D,16D,17D,18D,19D,23D,24D,25D,26D,27D,28D,32D,33D,34D,35D,36D,37D. The van der Waals surface area contributed by atoms with Crippen LogP contribution in [0.2, 0.25) is 0 Å². The molecular formula is C68H39N7. The van der Waals surface area contributed by atoms with Crippen LogP contribution in [0.1, 0.15) is 38.5 Å². The average molecular weight is 978 g/mol. The van der Waals surface area contributed by atoms with Crippen molar-refractivity contribution in [1.29, 1.82) is 5.26 Å². The number of hydrogen-bond acceptors (Lipinski definition) is 1. The van der Waals surface area contributed by atoms with Crippen LogP contribution < -0.4 is 0 Å². The molecule has 0 saturated heterocycles. The van der Waals surface area contributed by atoms with Crippen LogP contribution in [0.15, 0.2) is 236 Å². The van der Waals surface area contributed by atoms with Gasteiger partial charge in [0, 0.05) is 59.5 Å². The molecule has 0 amide bonds.